The zero-order valence-corrected chi connectivity index (χ0v) is 24.9. The Morgan fingerprint density at radius 1 is 0.439 bits per heavy atom. The van der Waals surface area contributed by atoms with Gasteiger partial charge in [0.2, 0.25) is 0 Å². The molecule has 0 aromatic heterocycles. The molecule has 0 N–H and O–H groups in total. The third-order valence-corrected chi connectivity index (χ3v) is 7.50. The molecule has 0 saturated carbocycles. The van der Waals surface area contributed by atoms with Gasteiger partial charge in [0.25, 0.3) is 0 Å². The zero-order chi connectivity index (χ0) is 29.5. The summed E-state index contributed by atoms with van der Waals surface area (Å²) in [7, 11) is 0. The second-order valence-electron chi connectivity index (χ2n) is 11.0. The molecule has 2 nitrogen and oxygen atoms in total. The molecular formula is C39H38O2. The van der Waals surface area contributed by atoms with E-state index in [0.717, 1.165) is 50.9 Å². The SMILES string of the molecule is Cc1ccc(C(=O)c2cc(C)c(C)cc2C)cc1.Cc1ccc(C)c(C(=O)c2ccc(Cc3ccccc3)cc2)c1. The summed E-state index contributed by atoms with van der Waals surface area (Å²) in [6.07, 6.45) is 0.888. The van der Waals surface area contributed by atoms with E-state index in [1.54, 1.807) is 0 Å². The van der Waals surface area contributed by atoms with Crippen molar-refractivity contribution in [3.63, 3.8) is 0 Å². The number of carbonyl (C=O) groups is 2. The Morgan fingerprint density at radius 2 is 0.927 bits per heavy atom. The van der Waals surface area contributed by atoms with E-state index in [4.69, 9.17) is 0 Å². The van der Waals surface area contributed by atoms with Crippen molar-refractivity contribution in [2.45, 2.75) is 48.0 Å². The lowest BCUT2D eigenvalue weighted by Crippen LogP contribution is -2.05. The van der Waals surface area contributed by atoms with Gasteiger partial charge in [0, 0.05) is 22.3 Å². The molecule has 206 valence electrons. The highest BCUT2D eigenvalue weighted by atomic mass is 16.1. The van der Waals surface area contributed by atoms with Crippen molar-refractivity contribution < 1.29 is 9.59 Å². The van der Waals surface area contributed by atoms with Gasteiger partial charge in [-0.1, -0.05) is 108 Å². The lowest BCUT2D eigenvalue weighted by molar-refractivity contribution is 0.103. The Hall–Kier alpha value is -4.56. The highest BCUT2D eigenvalue weighted by molar-refractivity contribution is 6.10. The van der Waals surface area contributed by atoms with Crippen LogP contribution in [0.2, 0.25) is 0 Å². The van der Waals surface area contributed by atoms with Crippen molar-refractivity contribution in [1.82, 2.24) is 0 Å². The average molecular weight is 539 g/mol. The van der Waals surface area contributed by atoms with E-state index < -0.39 is 0 Å². The van der Waals surface area contributed by atoms with Crippen LogP contribution in [0.5, 0.6) is 0 Å². The normalized spacial score (nSPS) is 10.5. The van der Waals surface area contributed by atoms with Gasteiger partial charge in [0.15, 0.2) is 11.6 Å². The van der Waals surface area contributed by atoms with Crippen molar-refractivity contribution in [3.05, 3.63) is 176 Å². The Labute approximate surface area is 244 Å². The highest BCUT2D eigenvalue weighted by Gasteiger charge is 2.13. The van der Waals surface area contributed by atoms with E-state index in [1.165, 1.54) is 22.3 Å². The van der Waals surface area contributed by atoms with Gasteiger partial charge in [-0.25, -0.2) is 0 Å². The predicted octanol–water partition coefficient (Wildman–Crippen LogP) is 9.28. The molecular weight excluding hydrogens is 500 g/mol. The monoisotopic (exact) mass is 538 g/mol. The molecule has 0 atom stereocenters. The molecule has 0 heterocycles. The molecule has 0 aliphatic carbocycles. The maximum absolute atomic E-state index is 12.7. The maximum Gasteiger partial charge on any atom is 0.193 e. The molecule has 2 heteroatoms. The van der Waals surface area contributed by atoms with Crippen LogP contribution in [-0.4, -0.2) is 11.6 Å². The third-order valence-electron chi connectivity index (χ3n) is 7.50. The van der Waals surface area contributed by atoms with E-state index in [1.807, 2.05) is 126 Å². The van der Waals surface area contributed by atoms with Gasteiger partial charge < -0.3 is 0 Å². The first-order valence-corrected chi connectivity index (χ1v) is 14.1. The van der Waals surface area contributed by atoms with Crippen molar-refractivity contribution in [3.8, 4) is 0 Å². The van der Waals surface area contributed by atoms with Crippen molar-refractivity contribution >= 4 is 11.6 Å². The Bertz CT molecular complexity index is 1660. The van der Waals surface area contributed by atoms with E-state index in [9.17, 15) is 9.59 Å². The van der Waals surface area contributed by atoms with Crippen LogP contribution in [0.25, 0.3) is 0 Å². The average Bonchev–Trinajstić information content (AvgIpc) is 2.97. The van der Waals surface area contributed by atoms with Crippen LogP contribution in [0.3, 0.4) is 0 Å². The van der Waals surface area contributed by atoms with Crippen LogP contribution >= 0.6 is 0 Å². The summed E-state index contributed by atoms with van der Waals surface area (Å²) in [5.41, 5.74) is 12.3. The van der Waals surface area contributed by atoms with E-state index in [2.05, 4.69) is 25.1 Å². The molecule has 0 unspecified atom stereocenters. The quantitative estimate of drug-likeness (QED) is 0.202. The fourth-order valence-electron chi connectivity index (χ4n) is 4.81. The highest BCUT2D eigenvalue weighted by Crippen LogP contribution is 2.20. The first-order chi connectivity index (χ1) is 19.6. The minimum Gasteiger partial charge on any atom is -0.289 e. The second-order valence-corrected chi connectivity index (χ2v) is 11.0. The van der Waals surface area contributed by atoms with Crippen LogP contribution < -0.4 is 0 Å². The summed E-state index contributed by atoms with van der Waals surface area (Å²) in [5, 5.41) is 0. The third kappa shape index (κ3) is 7.55. The Morgan fingerprint density at radius 3 is 1.54 bits per heavy atom. The van der Waals surface area contributed by atoms with Gasteiger partial charge in [-0.15, -0.1) is 0 Å². The summed E-state index contributed by atoms with van der Waals surface area (Å²) in [6.45, 7) is 12.1. The number of carbonyl (C=O) groups excluding carboxylic acids is 2. The van der Waals surface area contributed by atoms with Crippen molar-refractivity contribution in [2.24, 2.45) is 0 Å². The molecule has 0 aliphatic rings. The topological polar surface area (TPSA) is 34.1 Å². The van der Waals surface area contributed by atoms with Gasteiger partial charge in [-0.3, -0.25) is 9.59 Å². The van der Waals surface area contributed by atoms with Crippen LogP contribution in [0.4, 0.5) is 0 Å². The minimum atomic E-state index is 0.0949. The molecule has 41 heavy (non-hydrogen) atoms. The Balaban J connectivity index is 0.000000195. The lowest BCUT2D eigenvalue weighted by Gasteiger charge is -2.09. The fraction of sp³-hybridized carbons (Fsp3) is 0.179. The summed E-state index contributed by atoms with van der Waals surface area (Å²) in [6, 6.07) is 36.1. The van der Waals surface area contributed by atoms with Gasteiger partial charge in [-0.05, 0) is 93.5 Å². The number of benzene rings is 5. The smallest absolute Gasteiger partial charge is 0.193 e. The van der Waals surface area contributed by atoms with Crippen molar-refractivity contribution in [2.75, 3.05) is 0 Å². The molecule has 0 saturated heterocycles. The van der Waals surface area contributed by atoms with E-state index >= 15 is 0 Å². The molecule has 5 rings (SSSR count). The summed E-state index contributed by atoms with van der Waals surface area (Å²) in [4.78, 5) is 25.1. The first kappa shape index (κ1) is 29.4. The molecule has 5 aromatic carbocycles. The first-order valence-electron chi connectivity index (χ1n) is 14.1. The van der Waals surface area contributed by atoms with Gasteiger partial charge in [0.05, 0.1) is 0 Å². The Kier molecular flexibility index (Phi) is 9.47. The van der Waals surface area contributed by atoms with Crippen LogP contribution in [-0.2, 0) is 6.42 Å². The van der Waals surface area contributed by atoms with Gasteiger partial charge in [0.1, 0.15) is 0 Å². The molecule has 0 aliphatic heterocycles. The number of rotatable bonds is 6. The summed E-state index contributed by atoms with van der Waals surface area (Å²) < 4.78 is 0. The number of aryl methyl sites for hydroxylation is 6. The van der Waals surface area contributed by atoms with Crippen molar-refractivity contribution in [1.29, 1.82) is 0 Å². The molecule has 5 aromatic rings. The van der Waals surface area contributed by atoms with Gasteiger partial charge in [-0.2, -0.15) is 0 Å². The summed E-state index contributed by atoms with van der Waals surface area (Å²) >= 11 is 0. The van der Waals surface area contributed by atoms with Crippen LogP contribution in [0.1, 0.15) is 76.4 Å². The number of hydrogen-bond acceptors (Lipinski definition) is 2. The van der Waals surface area contributed by atoms with E-state index in [-0.39, 0.29) is 11.6 Å². The molecule has 0 fully saturated rings. The van der Waals surface area contributed by atoms with E-state index in [0.29, 0.717) is 0 Å². The lowest BCUT2D eigenvalue weighted by atomic mass is 9.94. The van der Waals surface area contributed by atoms with Crippen LogP contribution in [0, 0.1) is 41.5 Å². The molecule has 0 amide bonds. The van der Waals surface area contributed by atoms with Gasteiger partial charge >= 0.3 is 0 Å². The fourth-order valence-corrected chi connectivity index (χ4v) is 4.81. The molecule has 0 spiro atoms. The number of hydrogen-bond donors (Lipinski definition) is 0. The number of ketones is 2. The minimum absolute atomic E-state index is 0.0949. The molecule has 0 radical (unpaired) electrons. The molecule has 0 bridgehead atoms. The second kappa shape index (κ2) is 13.2. The standard InChI is InChI=1S/C22H20O.C17H18O/c1-16-8-9-17(2)21(14-16)22(23)20-12-10-19(11-13-20)15-18-6-4-3-5-7-18;1-11-5-7-15(8-6-11)17(18)16-10-13(3)12(2)9-14(16)4/h3-14H,15H2,1-2H3;5-10H,1-4H3. The summed E-state index contributed by atoms with van der Waals surface area (Å²) in [5.74, 6) is 0.202. The van der Waals surface area contributed by atoms with Crippen LogP contribution in [0.15, 0.2) is 109 Å². The zero-order valence-electron chi connectivity index (χ0n) is 24.9. The maximum atomic E-state index is 12.7. The predicted molar refractivity (Wildman–Crippen MR) is 170 cm³/mol. The largest absolute Gasteiger partial charge is 0.289 e.